The molecule has 0 atom stereocenters. The van der Waals surface area contributed by atoms with E-state index in [1.165, 1.54) is 35.1 Å². The van der Waals surface area contributed by atoms with Crippen molar-refractivity contribution >= 4 is 0 Å². The maximum absolute atomic E-state index is 6.04. The third-order valence-corrected chi connectivity index (χ3v) is 3.83. The third kappa shape index (κ3) is 3.85. The second kappa shape index (κ2) is 5.90. The molecule has 0 aliphatic heterocycles. The average Bonchev–Trinajstić information content (AvgIpc) is 3.22. The highest BCUT2D eigenvalue weighted by molar-refractivity contribution is 5.41. The topological polar surface area (TPSA) is 21.3 Å². The molecule has 0 unspecified atom stereocenters. The molecule has 1 saturated carbocycles. The van der Waals surface area contributed by atoms with Crippen molar-refractivity contribution in [3.63, 3.8) is 0 Å². The Morgan fingerprint density at radius 1 is 1.00 bits per heavy atom. The van der Waals surface area contributed by atoms with Crippen molar-refractivity contribution in [2.75, 3.05) is 0 Å². The first-order chi connectivity index (χ1) is 10.1. The maximum atomic E-state index is 6.04. The van der Waals surface area contributed by atoms with Crippen LogP contribution in [0.2, 0.25) is 0 Å². The van der Waals surface area contributed by atoms with Crippen LogP contribution >= 0.6 is 0 Å². The molecule has 1 fully saturated rings. The van der Waals surface area contributed by atoms with Gasteiger partial charge in [0.25, 0.3) is 0 Å². The van der Waals surface area contributed by atoms with Crippen LogP contribution in [-0.4, -0.2) is 6.04 Å². The normalized spacial score (nSPS) is 14.2. The lowest BCUT2D eigenvalue weighted by Crippen LogP contribution is -2.15. The Morgan fingerprint density at radius 3 is 2.33 bits per heavy atom. The van der Waals surface area contributed by atoms with E-state index in [4.69, 9.17) is 4.74 Å². The lowest BCUT2D eigenvalue weighted by Gasteiger charge is -2.12. The van der Waals surface area contributed by atoms with E-state index < -0.39 is 0 Å². The highest BCUT2D eigenvalue weighted by Crippen LogP contribution is 2.27. The van der Waals surface area contributed by atoms with E-state index in [1.807, 2.05) is 0 Å². The molecule has 0 amide bonds. The van der Waals surface area contributed by atoms with E-state index in [2.05, 4.69) is 62.5 Å². The predicted octanol–water partition coefficient (Wildman–Crippen LogP) is 4.66. The number of aryl methyl sites for hydroxylation is 3. The fraction of sp³-hybridized carbons (Fsp3) is 0.368. The molecule has 0 heterocycles. The molecule has 110 valence electrons. The minimum Gasteiger partial charge on any atom is -0.457 e. The number of benzene rings is 2. The Kier molecular flexibility index (Phi) is 3.98. The summed E-state index contributed by atoms with van der Waals surface area (Å²) in [6, 6.07) is 13.5. The van der Waals surface area contributed by atoms with Crippen LogP contribution in [-0.2, 0) is 6.54 Å². The fourth-order valence-electron chi connectivity index (χ4n) is 2.60. The zero-order valence-electron chi connectivity index (χ0n) is 13.1. The molecule has 0 saturated heterocycles. The molecule has 2 aromatic carbocycles. The van der Waals surface area contributed by atoms with Crippen LogP contribution in [0.3, 0.4) is 0 Å². The number of hydrogen-bond donors (Lipinski definition) is 1. The first-order valence-electron chi connectivity index (χ1n) is 7.69. The summed E-state index contributed by atoms with van der Waals surface area (Å²) in [7, 11) is 0. The van der Waals surface area contributed by atoms with Crippen LogP contribution < -0.4 is 10.1 Å². The molecule has 3 rings (SSSR count). The van der Waals surface area contributed by atoms with Gasteiger partial charge in [0, 0.05) is 12.6 Å². The van der Waals surface area contributed by atoms with Crippen molar-refractivity contribution in [3.05, 3.63) is 58.7 Å². The number of rotatable bonds is 5. The van der Waals surface area contributed by atoms with Gasteiger partial charge in [0.2, 0.25) is 0 Å². The van der Waals surface area contributed by atoms with Gasteiger partial charge in [-0.3, -0.25) is 0 Å². The van der Waals surface area contributed by atoms with Gasteiger partial charge in [-0.25, -0.2) is 0 Å². The van der Waals surface area contributed by atoms with Crippen molar-refractivity contribution in [2.45, 2.75) is 46.2 Å². The molecule has 0 radical (unpaired) electrons. The molecule has 2 heteroatoms. The smallest absolute Gasteiger partial charge is 0.130 e. The Bertz CT molecular complexity index is 624. The SMILES string of the molecule is Cc1cc(C)cc(Oc2ccc(CNC3CC3)cc2C)c1. The summed E-state index contributed by atoms with van der Waals surface area (Å²) in [5.74, 6) is 1.86. The quantitative estimate of drug-likeness (QED) is 0.861. The van der Waals surface area contributed by atoms with E-state index in [9.17, 15) is 0 Å². The highest BCUT2D eigenvalue weighted by Gasteiger charge is 2.19. The fourth-order valence-corrected chi connectivity index (χ4v) is 2.60. The minimum absolute atomic E-state index is 0.747. The van der Waals surface area contributed by atoms with Crippen molar-refractivity contribution in [1.29, 1.82) is 0 Å². The second-order valence-corrected chi connectivity index (χ2v) is 6.18. The van der Waals surface area contributed by atoms with E-state index in [0.29, 0.717) is 0 Å². The van der Waals surface area contributed by atoms with Gasteiger partial charge in [0.15, 0.2) is 0 Å². The Labute approximate surface area is 127 Å². The molecule has 1 aliphatic rings. The average molecular weight is 281 g/mol. The van der Waals surface area contributed by atoms with Gasteiger partial charge < -0.3 is 10.1 Å². The van der Waals surface area contributed by atoms with Crippen LogP contribution in [0.1, 0.15) is 35.1 Å². The molecule has 0 spiro atoms. The Morgan fingerprint density at radius 2 is 1.71 bits per heavy atom. The van der Waals surface area contributed by atoms with Crippen LogP contribution in [0.25, 0.3) is 0 Å². The van der Waals surface area contributed by atoms with Crippen molar-refractivity contribution < 1.29 is 4.74 Å². The number of nitrogens with one attached hydrogen (secondary N) is 1. The van der Waals surface area contributed by atoms with Gasteiger partial charge in [-0.2, -0.15) is 0 Å². The van der Waals surface area contributed by atoms with Crippen molar-refractivity contribution in [1.82, 2.24) is 5.32 Å². The summed E-state index contributed by atoms with van der Waals surface area (Å²) in [6.45, 7) is 7.26. The van der Waals surface area contributed by atoms with Gasteiger partial charge >= 0.3 is 0 Å². The van der Waals surface area contributed by atoms with E-state index in [-0.39, 0.29) is 0 Å². The van der Waals surface area contributed by atoms with Gasteiger partial charge in [-0.15, -0.1) is 0 Å². The molecule has 2 aromatic rings. The molecular weight excluding hydrogens is 258 g/mol. The summed E-state index contributed by atoms with van der Waals surface area (Å²) in [6.07, 6.45) is 2.65. The number of ether oxygens (including phenoxy) is 1. The van der Waals surface area contributed by atoms with Gasteiger partial charge in [-0.1, -0.05) is 18.2 Å². The standard InChI is InChI=1S/C19H23NO/c1-13-8-14(2)10-18(9-13)21-19-7-4-16(11-15(19)3)12-20-17-5-6-17/h4,7-11,17,20H,5-6,12H2,1-3H3. The van der Waals surface area contributed by atoms with Crippen LogP contribution in [0.4, 0.5) is 0 Å². The molecular formula is C19H23NO. The second-order valence-electron chi connectivity index (χ2n) is 6.18. The van der Waals surface area contributed by atoms with Crippen molar-refractivity contribution in [2.24, 2.45) is 0 Å². The summed E-state index contributed by atoms with van der Waals surface area (Å²) in [5.41, 5.74) is 4.97. The van der Waals surface area contributed by atoms with Crippen LogP contribution in [0, 0.1) is 20.8 Å². The van der Waals surface area contributed by atoms with Crippen LogP contribution in [0.15, 0.2) is 36.4 Å². The maximum Gasteiger partial charge on any atom is 0.130 e. The molecule has 1 N–H and O–H groups in total. The Hall–Kier alpha value is -1.80. The summed E-state index contributed by atoms with van der Waals surface area (Å²) in [5, 5.41) is 3.54. The Balaban J connectivity index is 1.72. The molecule has 0 bridgehead atoms. The van der Waals surface area contributed by atoms with Crippen LogP contribution in [0.5, 0.6) is 11.5 Å². The zero-order chi connectivity index (χ0) is 14.8. The van der Waals surface area contributed by atoms with E-state index in [0.717, 1.165) is 24.1 Å². The summed E-state index contributed by atoms with van der Waals surface area (Å²) in [4.78, 5) is 0. The molecule has 0 aromatic heterocycles. The monoisotopic (exact) mass is 281 g/mol. The lowest BCUT2D eigenvalue weighted by atomic mass is 10.1. The van der Waals surface area contributed by atoms with E-state index >= 15 is 0 Å². The first kappa shape index (κ1) is 14.2. The lowest BCUT2D eigenvalue weighted by molar-refractivity contribution is 0.477. The van der Waals surface area contributed by atoms with E-state index in [1.54, 1.807) is 0 Å². The molecule has 2 nitrogen and oxygen atoms in total. The summed E-state index contributed by atoms with van der Waals surface area (Å²) >= 11 is 0. The number of hydrogen-bond acceptors (Lipinski definition) is 2. The zero-order valence-corrected chi connectivity index (χ0v) is 13.1. The summed E-state index contributed by atoms with van der Waals surface area (Å²) < 4.78 is 6.04. The van der Waals surface area contributed by atoms with Gasteiger partial charge in [0.1, 0.15) is 11.5 Å². The predicted molar refractivity (Wildman–Crippen MR) is 87.0 cm³/mol. The third-order valence-electron chi connectivity index (χ3n) is 3.83. The van der Waals surface area contributed by atoms with Crippen molar-refractivity contribution in [3.8, 4) is 11.5 Å². The van der Waals surface area contributed by atoms with Gasteiger partial charge in [-0.05, 0) is 74.1 Å². The molecule has 21 heavy (non-hydrogen) atoms. The minimum atomic E-state index is 0.747. The largest absolute Gasteiger partial charge is 0.457 e. The highest BCUT2D eigenvalue weighted by atomic mass is 16.5. The first-order valence-corrected chi connectivity index (χ1v) is 7.69. The van der Waals surface area contributed by atoms with Gasteiger partial charge in [0.05, 0.1) is 0 Å². The molecule has 1 aliphatic carbocycles.